The van der Waals surface area contributed by atoms with E-state index in [4.69, 9.17) is 15.7 Å². The highest BCUT2D eigenvalue weighted by Crippen LogP contribution is 2.29. The molecule has 3 aromatic rings. The van der Waals surface area contributed by atoms with Crippen LogP contribution in [0.3, 0.4) is 0 Å². The van der Waals surface area contributed by atoms with Crippen LogP contribution >= 0.6 is 0 Å². The maximum absolute atomic E-state index is 12.8. The van der Waals surface area contributed by atoms with Crippen molar-refractivity contribution in [3.63, 3.8) is 0 Å². The number of nitriles is 1. The minimum Gasteiger partial charge on any atom is -0.454 e. The first kappa shape index (κ1) is 17.2. The van der Waals surface area contributed by atoms with E-state index in [9.17, 15) is 9.59 Å². The SMILES string of the molecule is C/C(N)=C(\C#N)C(=O)COC(=O)c1c2ccccc2cc2ccccc12. The highest BCUT2D eigenvalue weighted by atomic mass is 16.5. The molecule has 0 unspecified atom stereocenters. The van der Waals surface area contributed by atoms with E-state index in [0.29, 0.717) is 5.56 Å². The molecule has 0 saturated heterocycles. The van der Waals surface area contributed by atoms with Crippen molar-refractivity contribution in [1.29, 1.82) is 5.26 Å². The molecular formula is C21H16N2O3. The Morgan fingerprint density at radius 3 is 2.08 bits per heavy atom. The molecule has 2 N–H and O–H groups in total. The highest BCUT2D eigenvalue weighted by molar-refractivity contribution is 6.17. The second-order valence-corrected chi connectivity index (χ2v) is 5.86. The third-order valence-electron chi connectivity index (χ3n) is 4.09. The second kappa shape index (κ2) is 7.08. The molecule has 5 nitrogen and oxygen atoms in total. The number of carbonyl (C=O) groups excluding carboxylic acids is 2. The zero-order valence-corrected chi connectivity index (χ0v) is 14.2. The van der Waals surface area contributed by atoms with Crippen LogP contribution in [-0.4, -0.2) is 18.4 Å². The van der Waals surface area contributed by atoms with Crippen LogP contribution in [0.15, 0.2) is 65.9 Å². The Morgan fingerprint density at radius 1 is 1.04 bits per heavy atom. The molecule has 26 heavy (non-hydrogen) atoms. The predicted molar refractivity (Wildman–Crippen MR) is 99.2 cm³/mol. The number of ether oxygens (including phenoxy) is 1. The number of Topliss-reactive ketones (excluding diaryl/α,β-unsaturated/α-hetero) is 1. The summed E-state index contributed by atoms with van der Waals surface area (Å²) in [6, 6.07) is 18.7. The molecule has 0 bridgehead atoms. The van der Waals surface area contributed by atoms with Gasteiger partial charge in [-0.15, -0.1) is 0 Å². The smallest absolute Gasteiger partial charge is 0.339 e. The summed E-state index contributed by atoms with van der Waals surface area (Å²) >= 11 is 0. The Balaban J connectivity index is 2.01. The number of nitrogens with zero attached hydrogens (tertiary/aromatic N) is 1. The summed E-state index contributed by atoms with van der Waals surface area (Å²) in [4.78, 5) is 24.8. The topological polar surface area (TPSA) is 93.2 Å². The Hall–Kier alpha value is -3.65. The highest BCUT2D eigenvalue weighted by Gasteiger charge is 2.19. The number of esters is 1. The molecule has 3 rings (SSSR count). The number of carbonyl (C=O) groups is 2. The van der Waals surface area contributed by atoms with Gasteiger partial charge in [0.1, 0.15) is 11.6 Å². The molecule has 0 aliphatic carbocycles. The van der Waals surface area contributed by atoms with Crippen molar-refractivity contribution < 1.29 is 14.3 Å². The first-order valence-corrected chi connectivity index (χ1v) is 8.00. The van der Waals surface area contributed by atoms with Gasteiger partial charge in [-0.05, 0) is 34.5 Å². The van der Waals surface area contributed by atoms with Gasteiger partial charge in [0.05, 0.1) is 5.56 Å². The third kappa shape index (κ3) is 3.13. The fraction of sp³-hybridized carbons (Fsp3) is 0.0952. The monoisotopic (exact) mass is 344 g/mol. The molecule has 0 radical (unpaired) electrons. The van der Waals surface area contributed by atoms with Crippen LogP contribution in [0, 0.1) is 11.3 Å². The van der Waals surface area contributed by atoms with Crippen molar-refractivity contribution in [3.8, 4) is 6.07 Å². The van der Waals surface area contributed by atoms with Crippen LogP contribution in [0.4, 0.5) is 0 Å². The average molecular weight is 344 g/mol. The first-order valence-electron chi connectivity index (χ1n) is 8.00. The maximum atomic E-state index is 12.8. The van der Waals surface area contributed by atoms with Crippen molar-refractivity contribution in [3.05, 3.63) is 71.4 Å². The molecule has 128 valence electrons. The summed E-state index contributed by atoms with van der Waals surface area (Å²) in [6.45, 7) is 0.921. The van der Waals surface area contributed by atoms with Crippen molar-refractivity contribution >= 4 is 33.3 Å². The number of fused-ring (bicyclic) bond motifs is 2. The Bertz CT molecular complexity index is 1050. The van der Waals surface area contributed by atoms with Crippen LogP contribution in [0.25, 0.3) is 21.5 Å². The number of benzene rings is 3. The van der Waals surface area contributed by atoms with Gasteiger partial charge < -0.3 is 10.5 Å². The summed E-state index contributed by atoms with van der Waals surface area (Å²) in [5, 5.41) is 12.3. The van der Waals surface area contributed by atoms with E-state index in [0.717, 1.165) is 21.5 Å². The molecule has 3 aromatic carbocycles. The molecule has 0 atom stereocenters. The van der Waals surface area contributed by atoms with Gasteiger partial charge in [-0.2, -0.15) is 5.26 Å². The number of rotatable bonds is 4. The second-order valence-electron chi connectivity index (χ2n) is 5.86. The lowest BCUT2D eigenvalue weighted by atomic mass is 9.97. The van der Waals surface area contributed by atoms with Gasteiger partial charge in [-0.25, -0.2) is 4.79 Å². The van der Waals surface area contributed by atoms with Crippen LogP contribution in [0.2, 0.25) is 0 Å². The van der Waals surface area contributed by atoms with Gasteiger partial charge in [0.2, 0.25) is 5.78 Å². The van der Waals surface area contributed by atoms with E-state index >= 15 is 0 Å². The lowest BCUT2D eigenvalue weighted by Crippen LogP contribution is -2.18. The molecule has 0 spiro atoms. The molecule has 5 heteroatoms. The number of hydrogen-bond donors (Lipinski definition) is 1. The Labute approximate surface area is 150 Å². The molecule has 0 fully saturated rings. The van der Waals surface area contributed by atoms with Gasteiger partial charge in [-0.3, -0.25) is 4.79 Å². The quantitative estimate of drug-likeness (QED) is 0.338. The van der Waals surface area contributed by atoms with Crippen molar-refractivity contribution in [2.75, 3.05) is 6.61 Å². The fourth-order valence-electron chi connectivity index (χ4n) is 2.88. The number of allylic oxidation sites excluding steroid dienone is 1. The molecule has 0 amide bonds. The summed E-state index contributed by atoms with van der Waals surface area (Å²) in [7, 11) is 0. The van der Waals surface area contributed by atoms with E-state index in [1.165, 1.54) is 6.92 Å². The van der Waals surface area contributed by atoms with Gasteiger partial charge in [0.25, 0.3) is 0 Å². The standard InChI is InChI=1S/C21H16N2O3/c1-13(23)18(11-22)19(24)12-26-21(25)20-16-8-4-2-6-14(16)10-15-7-3-5-9-17(15)20/h2-10H,12,23H2,1H3/b18-13-. The Kier molecular flexibility index (Phi) is 4.68. The summed E-state index contributed by atoms with van der Waals surface area (Å²) < 4.78 is 5.21. The predicted octanol–water partition coefficient (Wildman–Crippen LogP) is 3.48. The zero-order chi connectivity index (χ0) is 18.7. The van der Waals surface area contributed by atoms with Crippen molar-refractivity contribution in [2.24, 2.45) is 5.73 Å². The van der Waals surface area contributed by atoms with Crippen LogP contribution in [0.1, 0.15) is 17.3 Å². The van der Waals surface area contributed by atoms with Crippen LogP contribution < -0.4 is 5.73 Å². The first-order chi connectivity index (χ1) is 12.5. The Morgan fingerprint density at radius 2 is 1.58 bits per heavy atom. The van der Waals surface area contributed by atoms with Gasteiger partial charge >= 0.3 is 5.97 Å². The van der Waals surface area contributed by atoms with Gasteiger partial charge in [0, 0.05) is 5.70 Å². The lowest BCUT2D eigenvalue weighted by Gasteiger charge is -2.11. The number of hydrogen-bond acceptors (Lipinski definition) is 5. The molecular weight excluding hydrogens is 328 g/mol. The van der Waals surface area contributed by atoms with E-state index < -0.39 is 18.4 Å². The molecule has 0 heterocycles. The van der Waals surface area contributed by atoms with Crippen LogP contribution in [-0.2, 0) is 9.53 Å². The largest absolute Gasteiger partial charge is 0.454 e. The third-order valence-corrected chi connectivity index (χ3v) is 4.09. The van der Waals surface area contributed by atoms with Gasteiger partial charge in [-0.1, -0.05) is 48.5 Å². The minimum absolute atomic E-state index is 0.101. The summed E-state index contributed by atoms with van der Waals surface area (Å²) in [6.07, 6.45) is 0. The lowest BCUT2D eigenvalue weighted by molar-refractivity contribution is -0.118. The fourth-order valence-corrected chi connectivity index (χ4v) is 2.88. The van der Waals surface area contributed by atoms with E-state index in [1.54, 1.807) is 6.07 Å². The zero-order valence-electron chi connectivity index (χ0n) is 14.2. The van der Waals surface area contributed by atoms with E-state index in [1.807, 2.05) is 54.6 Å². The van der Waals surface area contributed by atoms with Crippen molar-refractivity contribution in [1.82, 2.24) is 0 Å². The normalized spacial score (nSPS) is 11.7. The minimum atomic E-state index is -0.620. The summed E-state index contributed by atoms with van der Waals surface area (Å²) in [5.74, 6) is -1.23. The van der Waals surface area contributed by atoms with Crippen molar-refractivity contribution in [2.45, 2.75) is 6.92 Å². The molecule has 0 saturated carbocycles. The van der Waals surface area contributed by atoms with Crippen LogP contribution in [0.5, 0.6) is 0 Å². The molecule has 0 aliphatic rings. The summed E-state index contributed by atoms with van der Waals surface area (Å²) in [5.41, 5.74) is 5.82. The molecule has 0 aromatic heterocycles. The maximum Gasteiger partial charge on any atom is 0.339 e. The van der Waals surface area contributed by atoms with E-state index in [2.05, 4.69) is 0 Å². The van der Waals surface area contributed by atoms with E-state index in [-0.39, 0.29) is 11.3 Å². The van der Waals surface area contributed by atoms with Gasteiger partial charge in [0.15, 0.2) is 6.61 Å². The number of nitrogens with two attached hydrogens (primary N) is 1. The molecule has 0 aliphatic heterocycles. The number of ketones is 1. The average Bonchev–Trinajstić information content (AvgIpc) is 2.64.